The molecule has 2 fully saturated rings. The van der Waals surface area contributed by atoms with E-state index >= 15 is 0 Å². The summed E-state index contributed by atoms with van der Waals surface area (Å²) in [5, 5.41) is 13.3. The third kappa shape index (κ3) is 4.70. The van der Waals surface area contributed by atoms with Crippen molar-refractivity contribution in [3.8, 4) is 5.75 Å². The lowest BCUT2D eigenvalue weighted by atomic mass is 10.1. The summed E-state index contributed by atoms with van der Waals surface area (Å²) in [5.41, 5.74) is 0. The van der Waals surface area contributed by atoms with E-state index in [0.29, 0.717) is 13.2 Å². The van der Waals surface area contributed by atoms with Gasteiger partial charge in [0.1, 0.15) is 18.5 Å². The predicted molar refractivity (Wildman–Crippen MR) is 83.5 cm³/mol. The van der Waals surface area contributed by atoms with Crippen molar-refractivity contribution in [3.63, 3.8) is 0 Å². The van der Waals surface area contributed by atoms with Gasteiger partial charge in [-0.3, -0.25) is 0 Å². The second-order valence-corrected chi connectivity index (χ2v) is 6.32. The van der Waals surface area contributed by atoms with Gasteiger partial charge in [0.05, 0.1) is 0 Å². The van der Waals surface area contributed by atoms with Gasteiger partial charge in [-0.15, -0.1) is 0 Å². The van der Waals surface area contributed by atoms with E-state index in [1.54, 1.807) is 0 Å². The van der Waals surface area contributed by atoms with Gasteiger partial charge in [-0.05, 0) is 50.4 Å². The minimum atomic E-state index is -0.453. The van der Waals surface area contributed by atoms with Crippen molar-refractivity contribution in [3.05, 3.63) is 30.3 Å². The molecule has 21 heavy (non-hydrogen) atoms. The Morgan fingerprint density at radius 1 is 1.24 bits per heavy atom. The Balaban J connectivity index is 1.27. The first kappa shape index (κ1) is 14.8. The van der Waals surface area contributed by atoms with Crippen LogP contribution in [0, 0.1) is 5.92 Å². The van der Waals surface area contributed by atoms with Crippen molar-refractivity contribution in [1.29, 1.82) is 0 Å². The van der Waals surface area contributed by atoms with E-state index in [4.69, 9.17) is 4.74 Å². The summed E-state index contributed by atoms with van der Waals surface area (Å²) < 4.78 is 5.55. The Hall–Kier alpha value is -1.10. The Morgan fingerprint density at radius 3 is 2.81 bits per heavy atom. The topological polar surface area (TPSA) is 44.7 Å². The van der Waals surface area contributed by atoms with Crippen LogP contribution in [-0.2, 0) is 0 Å². The lowest BCUT2D eigenvalue weighted by molar-refractivity contribution is 0.105. The molecule has 2 N–H and O–H groups in total. The SMILES string of the molecule is OC(CNCC1CCN(C2CC2)C1)COc1ccccc1. The fourth-order valence-corrected chi connectivity index (χ4v) is 3.02. The standard InChI is InChI=1S/C17H26N2O2/c20-16(13-21-17-4-2-1-3-5-17)11-18-10-14-8-9-19(12-14)15-6-7-15/h1-5,14-16,18,20H,6-13H2. The first-order valence-corrected chi connectivity index (χ1v) is 8.12. The second kappa shape index (κ2) is 7.25. The lowest BCUT2D eigenvalue weighted by Crippen LogP contribution is -2.35. The van der Waals surface area contributed by atoms with Crippen molar-refractivity contribution >= 4 is 0 Å². The molecule has 116 valence electrons. The molecule has 1 saturated heterocycles. The van der Waals surface area contributed by atoms with E-state index in [-0.39, 0.29) is 0 Å². The van der Waals surface area contributed by atoms with Crippen LogP contribution in [0.3, 0.4) is 0 Å². The van der Waals surface area contributed by atoms with Crippen molar-refractivity contribution in [2.45, 2.75) is 31.4 Å². The van der Waals surface area contributed by atoms with Crippen LogP contribution in [0.15, 0.2) is 30.3 Å². The first-order chi connectivity index (χ1) is 10.3. The van der Waals surface area contributed by atoms with E-state index in [1.807, 2.05) is 30.3 Å². The summed E-state index contributed by atoms with van der Waals surface area (Å²) in [4.78, 5) is 2.63. The van der Waals surface area contributed by atoms with Crippen molar-refractivity contribution in [2.24, 2.45) is 5.92 Å². The van der Waals surface area contributed by atoms with Gasteiger partial charge in [0.2, 0.25) is 0 Å². The van der Waals surface area contributed by atoms with Gasteiger partial charge in [-0.1, -0.05) is 18.2 Å². The van der Waals surface area contributed by atoms with Crippen molar-refractivity contribution < 1.29 is 9.84 Å². The highest BCUT2D eigenvalue weighted by Crippen LogP contribution is 2.31. The Labute approximate surface area is 127 Å². The van der Waals surface area contributed by atoms with Crippen LogP contribution >= 0.6 is 0 Å². The van der Waals surface area contributed by atoms with E-state index in [1.165, 1.54) is 32.4 Å². The maximum absolute atomic E-state index is 9.94. The molecule has 0 amide bonds. The molecule has 0 radical (unpaired) electrons. The molecular formula is C17H26N2O2. The zero-order chi connectivity index (χ0) is 14.5. The fraction of sp³-hybridized carbons (Fsp3) is 0.647. The second-order valence-electron chi connectivity index (χ2n) is 6.32. The van der Waals surface area contributed by atoms with Gasteiger partial charge in [-0.25, -0.2) is 0 Å². The third-order valence-electron chi connectivity index (χ3n) is 4.38. The number of hydrogen-bond donors (Lipinski definition) is 2. The molecule has 1 saturated carbocycles. The van der Waals surface area contributed by atoms with E-state index in [9.17, 15) is 5.11 Å². The number of aliphatic hydroxyl groups is 1. The maximum Gasteiger partial charge on any atom is 0.119 e. The number of benzene rings is 1. The number of nitrogens with one attached hydrogen (secondary N) is 1. The number of likely N-dealkylation sites (tertiary alicyclic amines) is 1. The van der Waals surface area contributed by atoms with Gasteiger partial charge in [-0.2, -0.15) is 0 Å². The number of ether oxygens (including phenoxy) is 1. The van der Waals surface area contributed by atoms with Crippen molar-refractivity contribution in [2.75, 3.05) is 32.8 Å². The van der Waals surface area contributed by atoms with Crippen LogP contribution in [0.1, 0.15) is 19.3 Å². The molecule has 2 unspecified atom stereocenters. The van der Waals surface area contributed by atoms with E-state index in [0.717, 1.165) is 24.3 Å². The van der Waals surface area contributed by atoms with Crippen LogP contribution < -0.4 is 10.1 Å². The molecule has 4 heteroatoms. The predicted octanol–water partition coefficient (Wildman–Crippen LogP) is 1.50. The maximum atomic E-state index is 9.94. The van der Waals surface area contributed by atoms with Crippen molar-refractivity contribution in [1.82, 2.24) is 10.2 Å². The zero-order valence-electron chi connectivity index (χ0n) is 12.6. The number of aliphatic hydroxyl groups excluding tert-OH is 1. The Morgan fingerprint density at radius 2 is 2.05 bits per heavy atom. The summed E-state index contributed by atoms with van der Waals surface area (Å²) in [6, 6.07) is 10.5. The summed E-state index contributed by atoms with van der Waals surface area (Å²) in [5.74, 6) is 1.56. The smallest absolute Gasteiger partial charge is 0.119 e. The fourth-order valence-electron chi connectivity index (χ4n) is 3.02. The van der Waals surface area contributed by atoms with Gasteiger partial charge in [0.25, 0.3) is 0 Å². The Bertz CT molecular complexity index is 422. The number of rotatable bonds is 8. The molecule has 2 aliphatic rings. The lowest BCUT2D eigenvalue weighted by Gasteiger charge is -2.17. The highest BCUT2D eigenvalue weighted by atomic mass is 16.5. The van der Waals surface area contributed by atoms with Crippen LogP contribution in [0.4, 0.5) is 0 Å². The molecule has 1 aromatic carbocycles. The number of hydrogen-bond acceptors (Lipinski definition) is 4. The van der Waals surface area contributed by atoms with Crippen LogP contribution in [-0.4, -0.2) is 54.9 Å². The number of para-hydroxylation sites is 1. The molecule has 2 atom stereocenters. The Kier molecular flexibility index (Phi) is 5.12. The molecule has 1 aliphatic carbocycles. The number of nitrogens with zero attached hydrogens (tertiary/aromatic N) is 1. The molecule has 1 heterocycles. The van der Waals surface area contributed by atoms with Gasteiger partial charge < -0.3 is 20.1 Å². The molecule has 0 bridgehead atoms. The molecule has 0 aromatic heterocycles. The summed E-state index contributed by atoms with van der Waals surface area (Å²) in [6.45, 7) is 4.44. The van der Waals surface area contributed by atoms with Crippen LogP contribution in [0.5, 0.6) is 5.75 Å². The summed E-state index contributed by atoms with van der Waals surface area (Å²) in [6.07, 6.45) is 3.64. The van der Waals surface area contributed by atoms with E-state index in [2.05, 4.69) is 10.2 Å². The largest absolute Gasteiger partial charge is 0.491 e. The average Bonchev–Trinajstić information content (AvgIpc) is 3.26. The molecular weight excluding hydrogens is 264 g/mol. The molecule has 4 nitrogen and oxygen atoms in total. The monoisotopic (exact) mass is 290 g/mol. The minimum absolute atomic E-state index is 0.343. The molecule has 1 aromatic rings. The zero-order valence-corrected chi connectivity index (χ0v) is 12.6. The third-order valence-corrected chi connectivity index (χ3v) is 4.38. The normalized spacial score (nSPS) is 24.1. The highest BCUT2D eigenvalue weighted by Gasteiger charge is 2.34. The van der Waals surface area contributed by atoms with Gasteiger partial charge >= 0.3 is 0 Å². The van der Waals surface area contributed by atoms with E-state index < -0.39 is 6.10 Å². The van der Waals surface area contributed by atoms with Crippen LogP contribution in [0.25, 0.3) is 0 Å². The average molecular weight is 290 g/mol. The van der Waals surface area contributed by atoms with Crippen LogP contribution in [0.2, 0.25) is 0 Å². The first-order valence-electron chi connectivity index (χ1n) is 8.12. The summed E-state index contributed by atoms with van der Waals surface area (Å²) in [7, 11) is 0. The molecule has 1 aliphatic heterocycles. The quantitative estimate of drug-likeness (QED) is 0.761. The van der Waals surface area contributed by atoms with Gasteiger partial charge in [0, 0.05) is 19.1 Å². The summed E-state index contributed by atoms with van der Waals surface area (Å²) >= 11 is 0. The molecule has 3 rings (SSSR count). The van der Waals surface area contributed by atoms with Gasteiger partial charge in [0.15, 0.2) is 0 Å². The highest BCUT2D eigenvalue weighted by molar-refractivity contribution is 5.20. The minimum Gasteiger partial charge on any atom is -0.491 e. The molecule has 0 spiro atoms.